The summed E-state index contributed by atoms with van der Waals surface area (Å²) in [4.78, 5) is 22.8. The molecule has 0 saturated carbocycles. The number of amides is 1. The molecule has 0 radical (unpaired) electrons. The van der Waals surface area contributed by atoms with Crippen LogP contribution in [0.5, 0.6) is 0 Å². The maximum atomic E-state index is 12.0. The topological polar surface area (TPSA) is 66.4 Å². The first kappa shape index (κ1) is 16.8. The first-order valence-electron chi connectivity index (χ1n) is 6.91. The van der Waals surface area contributed by atoms with Gasteiger partial charge in [-0.25, -0.2) is 0 Å². The number of carbonyl (C=O) groups is 2. The van der Waals surface area contributed by atoms with Crippen molar-refractivity contribution in [3.63, 3.8) is 0 Å². The molecule has 1 heterocycles. The highest BCUT2D eigenvalue weighted by Crippen LogP contribution is 2.29. The van der Waals surface area contributed by atoms with Crippen LogP contribution in [-0.4, -0.2) is 17.0 Å². The van der Waals surface area contributed by atoms with Gasteiger partial charge in [0.25, 0.3) is 0 Å². The standard InChI is InChI=1S/C16H18ClNO3S/c1-16(2,7-15(20)21)6-14(19)18-8-10-9-22-13-4-3-11(17)5-12(10)13/h3-5,9H,6-8H2,1-2H3,(H,18,19)(H,20,21). The van der Waals surface area contributed by atoms with Gasteiger partial charge in [0, 0.05) is 22.7 Å². The van der Waals surface area contributed by atoms with E-state index in [1.165, 1.54) is 0 Å². The van der Waals surface area contributed by atoms with E-state index in [2.05, 4.69) is 5.32 Å². The number of carboxylic acid groups (broad SMARTS) is 1. The second-order valence-corrected chi connectivity index (χ2v) is 7.44. The maximum absolute atomic E-state index is 12.0. The molecule has 0 atom stereocenters. The van der Waals surface area contributed by atoms with Gasteiger partial charge < -0.3 is 10.4 Å². The Labute approximate surface area is 138 Å². The lowest BCUT2D eigenvalue weighted by Crippen LogP contribution is -2.29. The second-order valence-electron chi connectivity index (χ2n) is 6.09. The van der Waals surface area contributed by atoms with Crippen LogP contribution < -0.4 is 5.32 Å². The van der Waals surface area contributed by atoms with Crippen molar-refractivity contribution in [3.8, 4) is 0 Å². The molecule has 4 nitrogen and oxygen atoms in total. The van der Waals surface area contributed by atoms with Gasteiger partial charge in [0.05, 0.1) is 6.42 Å². The number of hydrogen-bond acceptors (Lipinski definition) is 3. The Bertz CT molecular complexity index is 708. The number of thiophene rings is 1. The van der Waals surface area contributed by atoms with E-state index in [9.17, 15) is 9.59 Å². The Morgan fingerprint density at radius 3 is 2.73 bits per heavy atom. The molecule has 6 heteroatoms. The van der Waals surface area contributed by atoms with Gasteiger partial charge in [-0.3, -0.25) is 9.59 Å². The Kier molecular flexibility index (Phi) is 5.08. The van der Waals surface area contributed by atoms with Crippen LogP contribution in [0.4, 0.5) is 0 Å². The fraction of sp³-hybridized carbons (Fsp3) is 0.375. The lowest BCUT2D eigenvalue weighted by Gasteiger charge is -2.21. The Morgan fingerprint density at radius 2 is 2.05 bits per heavy atom. The fourth-order valence-corrected chi connectivity index (χ4v) is 3.47. The van der Waals surface area contributed by atoms with E-state index in [4.69, 9.17) is 16.7 Å². The van der Waals surface area contributed by atoms with Crippen LogP contribution in [0.1, 0.15) is 32.3 Å². The maximum Gasteiger partial charge on any atom is 0.303 e. The van der Waals surface area contributed by atoms with Crippen LogP contribution in [0, 0.1) is 5.41 Å². The van der Waals surface area contributed by atoms with Crippen molar-refractivity contribution in [3.05, 3.63) is 34.2 Å². The summed E-state index contributed by atoms with van der Waals surface area (Å²) in [5.41, 5.74) is 0.461. The summed E-state index contributed by atoms with van der Waals surface area (Å²) in [6, 6.07) is 5.70. The highest BCUT2D eigenvalue weighted by molar-refractivity contribution is 7.17. The van der Waals surface area contributed by atoms with Crippen molar-refractivity contribution >= 4 is 44.9 Å². The Balaban J connectivity index is 1.98. The Morgan fingerprint density at radius 1 is 1.32 bits per heavy atom. The van der Waals surface area contributed by atoms with E-state index >= 15 is 0 Å². The van der Waals surface area contributed by atoms with Gasteiger partial charge >= 0.3 is 5.97 Å². The number of carboxylic acids is 1. The quantitative estimate of drug-likeness (QED) is 0.834. The predicted octanol–water partition coefficient (Wildman–Crippen LogP) is 4.06. The van der Waals surface area contributed by atoms with Crippen LogP contribution in [0.15, 0.2) is 23.6 Å². The minimum absolute atomic E-state index is 0.0303. The number of carbonyl (C=O) groups excluding carboxylic acids is 1. The third-order valence-electron chi connectivity index (χ3n) is 3.36. The molecule has 0 fully saturated rings. The zero-order valence-corrected chi connectivity index (χ0v) is 14.1. The molecule has 1 aromatic heterocycles. The molecule has 0 aliphatic rings. The van der Waals surface area contributed by atoms with Crippen molar-refractivity contribution < 1.29 is 14.7 Å². The van der Waals surface area contributed by atoms with Crippen LogP contribution in [-0.2, 0) is 16.1 Å². The molecule has 22 heavy (non-hydrogen) atoms. The van der Waals surface area contributed by atoms with Crippen LogP contribution in [0.25, 0.3) is 10.1 Å². The van der Waals surface area contributed by atoms with E-state index in [-0.39, 0.29) is 18.7 Å². The van der Waals surface area contributed by atoms with Crippen LogP contribution in [0.3, 0.4) is 0 Å². The van der Waals surface area contributed by atoms with Crippen molar-refractivity contribution in [1.29, 1.82) is 0 Å². The number of fused-ring (bicyclic) bond motifs is 1. The molecule has 0 aliphatic heterocycles. The first-order chi connectivity index (χ1) is 10.3. The largest absolute Gasteiger partial charge is 0.481 e. The zero-order valence-electron chi connectivity index (χ0n) is 12.5. The molecule has 0 unspecified atom stereocenters. The van der Waals surface area contributed by atoms with E-state index in [0.29, 0.717) is 11.6 Å². The lowest BCUT2D eigenvalue weighted by molar-refractivity contribution is -0.139. The SMILES string of the molecule is CC(C)(CC(=O)O)CC(=O)NCc1csc2ccc(Cl)cc12. The molecule has 0 bridgehead atoms. The molecule has 0 saturated heterocycles. The third kappa shape index (κ3) is 4.45. The summed E-state index contributed by atoms with van der Waals surface area (Å²) >= 11 is 7.62. The summed E-state index contributed by atoms with van der Waals surface area (Å²) in [6.45, 7) is 3.98. The van der Waals surface area contributed by atoms with E-state index in [1.807, 2.05) is 23.6 Å². The molecule has 0 aliphatic carbocycles. The van der Waals surface area contributed by atoms with E-state index in [0.717, 1.165) is 15.6 Å². The van der Waals surface area contributed by atoms with Gasteiger partial charge in [0.1, 0.15) is 0 Å². The summed E-state index contributed by atoms with van der Waals surface area (Å²) in [5.74, 6) is -1.04. The number of hydrogen-bond donors (Lipinski definition) is 2. The molecule has 1 amide bonds. The number of benzene rings is 1. The van der Waals surface area contributed by atoms with E-state index < -0.39 is 11.4 Å². The molecular weight excluding hydrogens is 322 g/mol. The Hall–Kier alpha value is -1.59. The van der Waals surface area contributed by atoms with Crippen molar-refractivity contribution in [1.82, 2.24) is 5.32 Å². The van der Waals surface area contributed by atoms with Gasteiger partial charge in [0.2, 0.25) is 5.91 Å². The average Bonchev–Trinajstić information content (AvgIpc) is 2.76. The van der Waals surface area contributed by atoms with E-state index in [1.54, 1.807) is 25.2 Å². The summed E-state index contributed by atoms with van der Waals surface area (Å²) in [7, 11) is 0. The predicted molar refractivity (Wildman–Crippen MR) is 89.3 cm³/mol. The summed E-state index contributed by atoms with van der Waals surface area (Å²) in [6.07, 6.45) is 0.152. The van der Waals surface area contributed by atoms with Gasteiger partial charge in [-0.15, -0.1) is 11.3 Å². The van der Waals surface area contributed by atoms with Gasteiger partial charge in [-0.05, 0) is 39.9 Å². The van der Waals surface area contributed by atoms with Crippen LogP contribution in [0.2, 0.25) is 5.02 Å². The normalized spacial score (nSPS) is 11.6. The number of halogens is 1. The number of nitrogens with one attached hydrogen (secondary N) is 1. The second kappa shape index (κ2) is 6.67. The lowest BCUT2D eigenvalue weighted by atomic mass is 9.85. The van der Waals surface area contributed by atoms with Gasteiger partial charge in [-0.1, -0.05) is 25.4 Å². The molecule has 2 aromatic rings. The highest BCUT2D eigenvalue weighted by Gasteiger charge is 2.25. The summed E-state index contributed by atoms with van der Waals surface area (Å²) in [5, 5.41) is 15.4. The zero-order chi connectivity index (χ0) is 16.3. The van der Waals surface area contributed by atoms with Gasteiger partial charge in [0.15, 0.2) is 0 Å². The fourth-order valence-electron chi connectivity index (χ4n) is 2.35. The monoisotopic (exact) mass is 339 g/mol. The number of rotatable bonds is 6. The minimum Gasteiger partial charge on any atom is -0.481 e. The molecule has 2 rings (SSSR count). The smallest absolute Gasteiger partial charge is 0.303 e. The number of aliphatic carboxylic acids is 1. The highest BCUT2D eigenvalue weighted by atomic mass is 35.5. The van der Waals surface area contributed by atoms with Crippen molar-refractivity contribution in [2.75, 3.05) is 0 Å². The van der Waals surface area contributed by atoms with Crippen molar-refractivity contribution in [2.24, 2.45) is 5.41 Å². The van der Waals surface area contributed by atoms with Crippen molar-refractivity contribution in [2.45, 2.75) is 33.2 Å². The molecule has 0 spiro atoms. The minimum atomic E-state index is -0.892. The molecule has 1 aromatic carbocycles. The third-order valence-corrected chi connectivity index (χ3v) is 4.61. The average molecular weight is 340 g/mol. The van der Waals surface area contributed by atoms with Crippen LogP contribution >= 0.6 is 22.9 Å². The molecule has 2 N–H and O–H groups in total. The first-order valence-corrected chi connectivity index (χ1v) is 8.17. The molecule has 118 valence electrons. The van der Waals surface area contributed by atoms with Gasteiger partial charge in [-0.2, -0.15) is 0 Å². The molecular formula is C16H18ClNO3S. The summed E-state index contributed by atoms with van der Waals surface area (Å²) < 4.78 is 1.12.